The monoisotopic (exact) mass is 293 g/mol. The molecule has 4 rings (SSSR count). The fraction of sp³-hybridized carbons (Fsp3) is 0.889. The predicted octanol–water partition coefficient (Wildman–Crippen LogP) is 3.34. The summed E-state index contributed by atoms with van der Waals surface area (Å²) >= 11 is 0. The number of halogens is 1. The molecule has 3 heteroatoms. The smallest absolute Gasteiger partial charge is 0.121 e. The van der Waals surface area contributed by atoms with E-state index in [1.165, 1.54) is 5.57 Å². The van der Waals surface area contributed by atoms with Gasteiger partial charge in [0, 0.05) is 17.9 Å². The predicted molar refractivity (Wildman–Crippen MR) is 81.4 cm³/mol. The maximum atomic E-state index is 16.1. The van der Waals surface area contributed by atoms with Gasteiger partial charge in [0.2, 0.25) is 0 Å². The Hall–Kier alpha value is -0.410. The second-order valence-corrected chi connectivity index (χ2v) is 8.33. The number of hydrogen-bond donors (Lipinski definition) is 2. The van der Waals surface area contributed by atoms with Gasteiger partial charge >= 0.3 is 0 Å². The fourth-order valence-corrected chi connectivity index (χ4v) is 6.21. The van der Waals surface area contributed by atoms with Crippen LogP contribution < -0.4 is 5.73 Å². The molecule has 21 heavy (non-hydrogen) atoms. The van der Waals surface area contributed by atoms with Crippen molar-refractivity contribution in [2.75, 3.05) is 0 Å². The summed E-state index contributed by atoms with van der Waals surface area (Å²) in [5.74, 6) is 0.686. The van der Waals surface area contributed by atoms with E-state index in [1.54, 1.807) is 0 Å². The van der Waals surface area contributed by atoms with Crippen molar-refractivity contribution in [2.24, 2.45) is 28.9 Å². The van der Waals surface area contributed by atoms with E-state index in [4.69, 9.17) is 5.73 Å². The standard InChI is InChI=1S/C18H28FNO/c1-17-8-9-18(19)13-5-3-12(21)10-11(13)2-4-15(18)14(17)6-7-16(17)20/h2,12-16,21H,3-10,20H2,1H3/t12?,13-,14-,15-,16?,17-,18?/m0/s1. The summed E-state index contributed by atoms with van der Waals surface area (Å²) in [5.41, 5.74) is 6.70. The summed E-state index contributed by atoms with van der Waals surface area (Å²) in [7, 11) is 0. The minimum absolute atomic E-state index is 0.0704. The third-order valence-electron chi connectivity index (χ3n) is 7.55. The van der Waals surface area contributed by atoms with Crippen LogP contribution in [0.3, 0.4) is 0 Å². The molecule has 0 aliphatic heterocycles. The normalized spacial score (nSPS) is 56.2. The largest absolute Gasteiger partial charge is 0.393 e. The van der Waals surface area contributed by atoms with Crippen molar-refractivity contribution in [1.29, 1.82) is 0 Å². The van der Waals surface area contributed by atoms with Gasteiger partial charge in [0.05, 0.1) is 6.10 Å². The molecule has 3 unspecified atom stereocenters. The van der Waals surface area contributed by atoms with E-state index in [0.717, 1.165) is 38.5 Å². The Bertz CT molecular complexity index is 478. The van der Waals surface area contributed by atoms with Gasteiger partial charge in [0.15, 0.2) is 0 Å². The van der Waals surface area contributed by atoms with Crippen molar-refractivity contribution < 1.29 is 9.50 Å². The average molecular weight is 293 g/mol. The van der Waals surface area contributed by atoms with Crippen LogP contribution in [-0.4, -0.2) is 22.9 Å². The highest BCUT2D eigenvalue weighted by Gasteiger charge is 2.62. The number of alkyl halides is 1. The van der Waals surface area contributed by atoms with Gasteiger partial charge < -0.3 is 10.8 Å². The lowest BCUT2D eigenvalue weighted by Gasteiger charge is -2.56. The molecule has 0 heterocycles. The van der Waals surface area contributed by atoms with Crippen LogP contribution in [0.1, 0.15) is 58.3 Å². The minimum atomic E-state index is -1.03. The SMILES string of the molecule is C[C@]12CCC3(F)[C@H]4CCC(O)CC4=CC[C@H]3[C@@H]1CCC2N. The Kier molecular flexibility index (Phi) is 3.07. The summed E-state index contributed by atoms with van der Waals surface area (Å²) in [6, 6.07) is 0.255. The lowest BCUT2D eigenvalue weighted by molar-refractivity contribution is -0.0985. The van der Waals surface area contributed by atoms with E-state index >= 15 is 4.39 Å². The zero-order valence-electron chi connectivity index (χ0n) is 13.0. The van der Waals surface area contributed by atoms with Gasteiger partial charge in [-0.2, -0.15) is 0 Å². The lowest BCUT2D eigenvalue weighted by Crippen LogP contribution is -2.57. The van der Waals surface area contributed by atoms with Crippen molar-refractivity contribution in [3.63, 3.8) is 0 Å². The van der Waals surface area contributed by atoms with E-state index < -0.39 is 5.67 Å². The molecule has 0 aromatic heterocycles. The van der Waals surface area contributed by atoms with Gasteiger partial charge in [0.25, 0.3) is 0 Å². The van der Waals surface area contributed by atoms with Crippen LogP contribution in [0.2, 0.25) is 0 Å². The number of aliphatic hydroxyl groups excluding tert-OH is 1. The van der Waals surface area contributed by atoms with Crippen LogP contribution in [0.4, 0.5) is 4.39 Å². The van der Waals surface area contributed by atoms with Crippen LogP contribution in [0.15, 0.2) is 11.6 Å². The second-order valence-electron chi connectivity index (χ2n) is 8.33. The molecule has 0 saturated heterocycles. The first-order valence-electron chi connectivity index (χ1n) is 8.76. The van der Waals surface area contributed by atoms with E-state index in [-0.39, 0.29) is 29.4 Å². The molecule has 0 bridgehead atoms. The van der Waals surface area contributed by atoms with Crippen LogP contribution in [0.25, 0.3) is 0 Å². The van der Waals surface area contributed by atoms with E-state index in [0.29, 0.717) is 18.8 Å². The number of nitrogens with two attached hydrogens (primary N) is 1. The fourth-order valence-electron chi connectivity index (χ4n) is 6.21. The summed E-state index contributed by atoms with van der Waals surface area (Å²) in [6.07, 6.45) is 8.96. The molecule has 3 fully saturated rings. The average Bonchev–Trinajstić information content (AvgIpc) is 2.75. The van der Waals surface area contributed by atoms with Gasteiger partial charge in [-0.1, -0.05) is 18.6 Å². The quantitative estimate of drug-likeness (QED) is 0.673. The molecule has 4 aliphatic rings. The van der Waals surface area contributed by atoms with Gasteiger partial charge in [-0.25, -0.2) is 4.39 Å². The molecule has 4 aliphatic carbocycles. The Labute approximate surface area is 127 Å². The molecule has 118 valence electrons. The van der Waals surface area contributed by atoms with Gasteiger partial charge in [-0.05, 0) is 62.7 Å². The number of rotatable bonds is 0. The maximum absolute atomic E-state index is 16.1. The molecule has 2 nitrogen and oxygen atoms in total. The molecule has 0 amide bonds. The Morgan fingerprint density at radius 2 is 2.00 bits per heavy atom. The number of hydrogen-bond acceptors (Lipinski definition) is 2. The lowest BCUT2D eigenvalue weighted by atomic mass is 9.51. The highest BCUT2D eigenvalue weighted by atomic mass is 19.1. The van der Waals surface area contributed by atoms with Crippen molar-refractivity contribution in [3.05, 3.63) is 11.6 Å². The molecule has 3 saturated carbocycles. The molecular weight excluding hydrogens is 265 g/mol. The first kappa shape index (κ1) is 14.2. The molecule has 0 radical (unpaired) electrons. The third-order valence-corrected chi connectivity index (χ3v) is 7.55. The van der Waals surface area contributed by atoms with Gasteiger partial charge in [0.1, 0.15) is 5.67 Å². The Morgan fingerprint density at radius 1 is 1.19 bits per heavy atom. The topological polar surface area (TPSA) is 46.2 Å². The van der Waals surface area contributed by atoms with Gasteiger partial charge in [-0.15, -0.1) is 0 Å². The summed E-state index contributed by atoms with van der Waals surface area (Å²) in [5, 5.41) is 9.87. The Morgan fingerprint density at radius 3 is 2.81 bits per heavy atom. The molecule has 0 spiro atoms. The van der Waals surface area contributed by atoms with Crippen LogP contribution in [0, 0.1) is 23.2 Å². The summed E-state index contributed by atoms with van der Waals surface area (Å²) in [6.45, 7) is 2.30. The van der Waals surface area contributed by atoms with Crippen LogP contribution in [0.5, 0.6) is 0 Å². The Balaban J connectivity index is 1.69. The highest BCUT2D eigenvalue weighted by Crippen LogP contribution is 2.63. The molecule has 0 aromatic carbocycles. The van der Waals surface area contributed by atoms with Crippen molar-refractivity contribution in [1.82, 2.24) is 0 Å². The zero-order valence-corrected chi connectivity index (χ0v) is 13.0. The molecule has 7 atom stereocenters. The van der Waals surface area contributed by atoms with Crippen LogP contribution in [-0.2, 0) is 0 Å². The van der Waals surface area contributed by atoms with Crippen molar-refractivity contribution >= 4 is 0 Å². The molecular formula is C18H28FNO. The zero-order chi connectivity index (χ0) is 14.8. The van der Waals surface area contributed by atoms with Crippen LogP contribution >= 0.6 is 0 Å². The van der Waals surface area contributed by atoms with E-state index in [2.05, 4.69) is 13.0 Å². The van der Waals surface area contributed by atoms with Crippen molar-refractivity contribution in [3.8, 4) is 0 Å². The second kappa shape index (κ2) is 4.55. The molecule has 3 N–H and O–H groups in total. The number of aliphatic hydroxyl groups is 1. The highest BCUT2D eigenvalue weighted by molar-refractivity contribution is 5.25. The van der Waals surface area contributed by atoms with E-state index in [9.17, 15) is 5.11 Å². The molecule has 0 aromatic rings. The minimum Gasteiger partial charge on any atom is -0.393 e. The maximum Gasteiger partial charge on any atom is 0.121 e. The van der Waals surface area contributed by atoms with Crippen molar-refractivity contribution in [2.45, 2.75) is 76.1 Å². The first-order valence-corrected chi connectivity index (χ1v) is 8.76. The van der Waals surface area contributed by atoms with Gasteiger partial charge in [-0.3, -0.25) is 0 Å². The summed E-state index contributed by atoms with van der Waals surface area (Å²) < 4.78 is 16.1. The third kappa shape index (κ3) is 1.83. The van der Waals surface area contributed by atoms with E-state index in [1.807, 2.05) is 0 Å². The summed E-state index contributed by atoms with van der Waals surface area (Å²) in [4.78, 5) is 0. The number of allylic oxidation sites excluding steroid dienone is 1. The first-order chi connectivity index (χ1) is 9.95. The number of fused-ring (bicyclic) bond motifs is 5.